The van der Waals surface area contributed by atoms with Gasteiger partial charge in [-0.15, -0.1) is 0 Å². The predicted molar refractivity (Wildman–Crippen MR) is 59.8 cm³/mol. The van der Waals surface area contributed by atoms with Crippen molar-refractivity contribution in [1.29, 1.82) is 0 Å². The fourth-order valence-electron chi connectivity index (χ4n) is 2.21. The molecular weight excluding hydrogens is 204 g/mol. The lowest BCUT2D eigenvalue weighted by molar-refractivity contribution is -0.135. The number of rotatable bonds is 2. The number of hydrogen-bond donors (Lipinski definition) is 0. The van der Waals surface area contributed by atoms with Crippen molar-refractivity contribution in [3.05, 3.63) is 17.5 Å². The van der Waals surface area contributed by atoms with Crippen LogP contribution in [0.3, 0.4) is 0 Å². The van der Waals surface area contributed by atoms with E-state index in [-0.39, 0.29) is 17.9 Å². The Bertz CT molecular complexity index is 384. The van der Waals surface area contributed by atoms with Gasteiger partial charge in [0.2, 0.25) is 5.91 Å². The van der Waals surface area contributed by atoms with Gasteiger partial charge >= 0.3 is 0 Å². The fraction of sp³-hybridized carbons (Fsp3) is 0.667. The zero-order chi connectivity index (χ0) is 11.7. The van der Waals surface area contributed by atoms with Gasteiger partial charge in [0.05, 0.1) is 6.04 Å². The van der Waals surface area contributed by atoms with Crippen molar-refractivity contribution >= 4 is 5.91 Å². The molecule has 0 spiro atoms. The molecule has 4 nitrogen and oxygen atoms in total. The number of carbonyl (C=O) groups is 1. The smallest absolute Gasteiger partial charge is 0.225 e. The Morgan fingerprint density at radius 3 is 2.94 bits per heavy atom. The Balaban J connectivity index is 2.18. The predicted octanol–water partition coefficient (Wildman–Crippen LogP) is 2.30. The maximum atomic E-state index is 12.0. The number of likely N-dealkylation sites (tertiary alicyclic amines) is 1. The zero-order valence-corrected chi connectivity index (χ0v) is 10.1. The molecule has 1 aromatic rings. The summed E-state index contributed by atoms with van der Waals surface area (Å²) in [6, 6.07) is 2.05. The van der Waals surface area contributed by atoms with Crippen LogP contribution >= 0.6 is 0 Å². The molecule has 1 aromatic heterocycles. The van der Waals surface area contributed by atoms with E-state index in [0.29, 0.717) is 0 Å². The van der Waals surface area contributed by atoms with Crippen molar-refractivity contribution in [1.82, 2.24) is 10.1 Å². The number of hydrogen-bond acceptors (Lipinski definition) is 3. The summed E-state index contributed by atoms with van der Waals surface area (Å²) < 4.78 is 5.08. The summed E-state index contributed by atoms with van der Waals surface area (Å²) >= 11 is 0. The van der Waals surface area contributed by atoms with Crippen molar-refractivity contribution in [2.75, 3.05) is 6.54 Å². The summed E-state index contributed by atoms with van der Waals surface area (Å²) in [4.78, 5) is 13.9. The number of carbonyl (C=O) groups excluding carboxylic acids is 1. The topological polar surface area (TPSA) is 46.3 Å². The SMILES string of the molecule is Cc1cc([C@H]2CCCN2C(=O)C(C)C)no1. The Morgan fingerprint density at radius 2 is 2.38 bits per heavy atom. The van der Waals surface area contributed by atoms with Gasteiger partial charge < -0.3 is 9.42 Å². The van der Waals surface area contributed by atoms with Crippen LogP contribution in [0.5, 0.6) is 0 Å². The second kappa shape index (κ2) is 4.28. The van der Waals surface area contributed by atoms with Crippen LogP contribution in [0.25, 0.3) is 0 Å². The van der Waals surface area contributed by atoms with Gasteiger partial charge in [0, 0.05) is 18.5 Å². The standard InChI is InChI=1S/C12H18N2O2/c1-8(2)12(15)14-6-4-5-11(14)10-7-9(3)16-13-10/h7-8,11H,4-6H2,1-3H3/t11-/m1/s1. The van der Waals surface area contributed by atoms with Gasteiger partial charge in [-0.3, -0.25) is 4.79 Å². The van der Waals surface area contributed by atoms with Crippen molar-refractivity contribution in [3.8, 4) is 0 Å². The third-order valence-corrected chi connectivity index (χ3v) is 3.02. The highest BCUT2D eigenvalue weighted by Gasteiger charge is 2.32. The molecule has 4 heteroatoms. The van der Waals surface area contributed by atoms with E-state index in [0.717, 1.165) is 30.8 Å². The van der Waals surface area contributed by atoms with Crippen LogP contribution in [-0.4, -0.2) is 22.5 Å². The fourth-order valence-corrected chi connectivity index (χ4v) is 2.21. The van der Waals surface area contributed by atoms with Crippen LogP contribution in [-0.2, 0) is 4.79 Å². The summed E-state index contributed by atoms with van der Waals surface area (Å²) in [5.41, 5.74) is 0.893. The molecular formula is C12H18N2O2. The van der Waals surface area contributed by atoms with Crippen LogP contribution in [0.15, 0.2) is 10.6 Å². The van der Waals surface area contributed by atoms with Crippen molar-refractivity contribution in [3.63, 3.8) is 0 Å². The van der Waals surface area contributed by atoms with Crippen molar-refractivity contribution < 1.29 is 9.32 Å². The van der Waals surface area contributed by atoms with E-state index < -0.39 is 0 Å². The molecule has 0 aliphatic carbocycles. The summed E-state index contributed by atoms with van der Waals surface area (Å²) in [5.74, 6) is 1.07. The molecule has 0 saturated carbocycles. The Morgan fingerprint density at radius 1 is 1.62 bits per heavy atom. The number of nitrogens with zero attached hydrogens (tertiary/aromatic N) is 2. The Labute approximate surface area is 95.6 Å². The van der Waals surface area contributed by atoms with Crippen LogP contribution in [0.2, 0.25) is 0 Å². The highest BCUT2D eigenvalue weighted by Crippen LogP contribution is 2.32. The molecule has 0 aromatic carbocycles. The first kappa shape index (κ1) is 11.2. The normalized spacial score (nSPS) is 20.8. The number of aromatic nitrogens is 1. The van der Waals surface area contributed by atoms with Gasteiger partial charge in [-0.25, -0.2) is 0 Å². The average Bonchev–Trinajstić information content (AvgIpc) is 2.83. The minimum atomic E-state index is 0.0496. The first-order valence-electron chi connectivity index (χ1n) is 5.83. The first-order chi connectivity index (χ1) is 7.59. The highest BCUT2D eigenvalue weighted by molar-refractivity contribution is 5.78. The molecule has 1 saturated heterocycles. The van der Waals surface area contributed by atoms with Gasteiger partial charge in [0.1, 0.15) is 11.5 Å². The van der Waals surface area contributed by atoms with E-state index in [4.69, 9.17) is 4.52 Å². The second-order valence-corrected chi connectivity index (χ2v) is 4.71. The van der Waals surface area contributed by atoms with E-state index in [1.165, 1.54) is 0 Å². The van der Waals surface area contributed by atoms with Gasteiger partial charge in [-0.2, -0.15) is 0 Å². The molecule has 0 N–H and O–H groups in total. The molecule has 1 amide bonds. The average molecular weight is 222 g/mol. The second-order valence-electron chi connectivity index (χ2n) is 4.71. The molecule has 88 valence electrons. The summed E-state index contributed by atoms with van der Waals surface area (Å²) in [6.07, 6.45) is 2.04. The monoisotopic (exact) mass is 222 g/mol. The van der Waals surface area contributed by atoms with E-state index in [1.807, 2.05) is 31.7 Å². The first-order valence-corrected chi connectivity index (χ1v) is 5.83. The van der Waals surface area contributed by atoms with Crippen LogP contribution in [0.1, 0.15) is 44.2 Å². The number of aryl methyl sites for hydroxylation is 1. The largest absolute Gasteiger partial charge is 0.361 e. The molecule has 0 bridgehead atoms. The van der Waals surface area contributed by atoms with Crippen LogP contribution in [0.4, 0.5) is 0 Å². The van der Waals surface area contributed by atoms with Gasteiger partial charge in [0.15, 0.2) is 0 Å². The quantitative estimate of drug-likeness (QED) is 0.771. The molecule has 1 atom stereocenters. The zero-order valence-electron chi connectivity index (χ0n) is 10.1. The molecule has 2 heterocycles. The molecule has 1 aliphatic heterocycles. The maximum Gasteiger partial charge on any atom is 0.225 e. The molecule has 1 aliphatic rings. The lowest BCUT2D eigenvalue weighted by atomic mass is 10.1. The Kier molecular flexibility index (Phi) is 2.99. The third kappa shape index (κ3) is 1.96. The van der Waals surface area contributed by atoms with E-state index in [2.05, 4.69) is 5.16 Å². The summed E-state index contributed by atoms with van der Waals surface area (Å²) in [6.45, 7) is 6.59. The van der Waals surface area contributed by atoms with Gasteiger partial charge in [0.25, 0.3) is 0 Å². The molecule has 0 unspecified atom stereocenters. The lowest BCUT2D eigenvalue weighted by Gasteiger charge is -2.24. The van der Waals surface area contributed by atoms with Crippen molar-refractivity contribution in [2.45, 2.75) is 39.7 Å². The highest BCUT2D eigenvalue weighted by atomic mass is 16.5. The molecule has 16 heavy (non-hydrogen) atoms. The molecule has 0 radical (unpaired) electrons. The van der Waals surface area contributed by atoms with Crippen molar-refractivity contribution in [2.24, 2.45) is 5.92 Å². The van der Waals surface area contributed by atoms with Crippen LogP contribution in [0, 0.1) is 12.8 Å². The maximum absolute atomic E-state index is 12.0. The van der Waals surface area contributed by atoms with Gasteiger partial charge in [-0.05, 0) is 19.8 Å². The Hall–Kier alpha value is -1.32. The lowest BCUT2D eigenvalue weighted by Crippen LogP contribution is -2.33. The van der Waals surface area contributed by atoms with E-state index in [1.54, 1.807) is 0 Å². The summed E-state index contributed by atoms with van der Waals surface area (Å²) in [5, 5.41) is 4.02. The minimum absolute atomic E-state index is 0.0496. The van der Waals surface area contributed by atoms with Crippen LogP contribution < -0.4 is 0 Å². The van der Waals surface area contributed by atoms with Gasteiger partial charge in [-0.1, -0.05) is 19.0 Å². The summed E-state index contributed by atoms with van der Waals surface area (Å²) in [7, 11) is 0. The van der Waals surface area contributed by atoms with E-state index >= 15 is 0 Å². The minimum Gasteiger partial charge on any atom is -0.361 e. The van der Waals surface area contributed by atoms with E-state index in [9.17, 15) is 4.79 Å². The molecule has 1 fully saturated rings. The molecule has 2 rings (SSSR count). The third-order valence-electron chi connectivity index (χ3n) is 3.02. The number of amides is 1.